The predicted octanol–water partition coefficient (Wildman–Crippen LogP) is 2.00. The summed E-state index contributed by atoms with van der Waals surface area (Å²) >= 11 is 0. The summed E-state index contributed by atoms with van der Waals surface area (Å²) in [6.07, 6.45) is 1.49. The average molecular weight is 233 g/mol. The molecular formula is C13H19N3O. The van der Waals surface area contributed by atoms with E-state index in [2.05, 4.69) is 24.1 Å². The Kier molecular flexibility index (Phi) is 2.96. The van der Waals surface area contributed by atoms with Crippen LogP contribution in [-0.4, -0.2) is 19.0 Å². The average Bonchev–Trinajstić information content (AvgIpc) is 2.65. The molecule has 0 bridgehead atoms. The fourth-order valence-corrected chi connectivity index (χ4v) is 2.10. The van der Waals surface area contributed by atoms with E-state index in [0.717, 1.165) is 29.0 Å². The molecule has 0 radical (unpaired) electrons. The number of hydrogen-bond acceptors (Lipinski definition) is 3. The summed E-state index contributed by atoms with van der Waals surface area (Å²) < 4.78 is 0. The lowest BCUT2D eigenvalue weighted by atomic mass is 10.1. The number of amides is 1. The van der Waals surface area contributed by atoms with Crippen LogP contribution in [0, 0.1) is 0 Å². The summed E-state index contributed by atoms with van der Waals surface area (Å²) in [6.45, 7) is 4.30. The Morgan fingerprint density at radius 3 is 2.88 bits per heavy atom. The zero-order valence-corrected chi connectivity index (χ0v) is 10.6. The summed E-state index contributed by atoms with van der Waals surface area (Å²) in [6, 6.07) is 4.30. The third kappa shape index (κ3) is 2.07. The van der Waals surface area contributed by atoms with Crippen LogP contribution < -0.4 is 16.0 Å². The number of anilines is 3. The van der Waals surface area contributed by atoms with E-state index in [1.165, 1.54) is 0 Å². The highest BCUT2D eigenvalue weighted by Gasteiger charge is 2.21. The first-order valence-corrected chi connectivity index (χ1v) is 5.98. The molecule has 1 aliphatic rings. The number of nitrogen functional groups attached to an aromatic ring is 1. The highest BCUT2D eigenvalue weighted by atomic mass is 16.1. The minimum atomic E-state index is 0.0442. The van der Waals surface area contributed by atoms with Crippen molar-refractivity contribution in [3.63, 3.8) is 0 Å². The van der Waals surface area contributed by atoms with E-state index in [9.17, 15) is 4.79 Å². The van der Waals surface area contributed by atoms with Crippen molar-refractivity contribution in [2.75, 3.05) is 23.0 Å². The summed E-state index contributed by atoms with van der Waals surface area (Å²) in [5, 5.41) is 2.86. The second-order valence-electron chi connectivity index (χ2n) is 4.66. The number of nitrogens with zero attached hydrogens (tertiary/aromatic N) is 1. The first kappa shape index (κ1) is 11.8. The largest absolute Gasteiger partial charge is 0.397 e. The zero-order chi connectivity index (χ0) is 12.6. The summed E-state index contributed by atoms with van der Waals surface area (Å²) in [4.78, 5) is 13.5. The van der Waals surface area contributed by atoms with Gasteiger partial charge in [0.15, 0.2) is 0 Å². The summed E-state index contributed by atoms with van der Waals surface area (Å²) in [5.74, 6) is 0.0442. The minimum absolute atomic E-state index is 0.0442. The van der Waals surface area contributed by atoms with Crippen molar-refractivity contribution in [3.05, 3.63) is 17.7 Å². The van der Waals surface area contributed by atoms with Gasteiger partial charge in [-0.15, -0.1) is 0 Å². The Balaban J connectivity index is 2.37. The molecule has 1 aliphatic heterocycles. The molecule has 4 heteroatoms. The van der Waals surface area contributed by atoms with Crippen LogP contribution in [0.15, 0.2) is 12.1 Å². The molecule has 1 aromatic rings. The molecule has 1 aromatic carbocycles. The smallest absolute Gasteiger partial charge is 0.228 e. The van der Waals surface area contributed by atoms with Crippen molar-refractivity contribution < 1.29 is 4.79 Å². The van der Waals surface area contributed by atoms with Gasteiger partial charge in [-0.05, 0) is 31.0 Å². The first-order chi connectivity index (χ1) is 8.02. The van der Waals surface area contributed by atoms with Crippen LogP contribution in [0.1, 0.15) is 25.8 Å². The molecule has 3 N–H and O–H groups in total. The molecule has 0 saturated carbocycles. The predicted molar refractivity (Wildman–Crippen MR) is 71.3 cm³/mol. The van der Waals surface area contributed by atoms with Gasteiger partial charge < -0.3 is 16.0 Å². The molecule has 4 nitrogen and oxygen atoms in total. The molecule has 0 spiro atoms. The van der Waals surface area contributed by atoms with Crippen molar-refractivity contribution in [2.45, 2.75) is 32.7 Å². The van der Waals surface area contributed by atoms with Crippen LogP contribution in [0.25, 0.3) is 0 Å². The molecule has 17 heavy (non-hydrogen) atoms. The van der Waals surface area contributed by atoms with Gasteiger partial charge in [-0.25, -0.2) is 0 Å². The number of hydrogen-bond donors (Lipinski definition) is 2. The molecular weight excluding hydrogens is 214 g/mol. The van der Waals surface area contributed by atoms with Crippen LogP contribution >= 0.6 is 0 Å². The Morgan fingerprint density at radius 1 is 1.53 bits per heavy atom. The lowest BCUT2D eigenvalue weighted by Gasteiger charge is -2.27. The Hall–Kier alpha value is -1.71. The fourth-order valence-electron chi connectivity index (χ4n) is 2.10. The topological polar surface area (TPSA) is 58.4 Å². The Morgan fingerprint density at radius 2 is 2.24 bits per heavy atom. The maximum absolute atomic E-state index is 11.3. The number of rotatable bonds is 3. The molecule has 0 saturated heterocycles. The van der Waals surface area contributed by atoms with Crippen LogP contribution in [0.3, 0.4) is 0 Å². The van der Waals surface area contributed by atoms with Crippen molar-refractivity contribution in [1.29, 1.82) is 0 Å². The molecule has 1 amide bonds. The SMILES string of the molecule is CCC(C)N(C)c1cc2c(cc1N)CC(=O)N2. The molecule has 1 unspecified atom stereocenters. The van der Waals surface area contributed by atoms with Gasteiger partial charge in [-0.2, -0.15) is 0 Å². The highest BCUT2D eigenvalue weighted by Crippen LogP contribution is 2.34. The van der Waals surface area contributed by atoms with Crippen molar-refractivity contribution in [1.82, 2.24) is 0 Å². The lowest BCUT2D eigenvalue weighted by molar-refractivity contribution is -0.115. The molecule has 0 aliphatic carbocycles. The van der Waals surface area contributed by atoms with E-state index in [1.54, 1.807) is 0 Å². The molecule has 1 atom stereocenters. The number of nitrogens with two attached hydrogens (primary N) is 1. The van der Waals surface area contributed by atoms with Gasteiger partial charge in [0, 0.05) is 18.8 Å². The van der Waals surface area contributed by atoms with E-state index < -0.39 is 0 Å². The first-order valence-electron chi connectivity index (χ1n) is 5.98. The van der Waals surface area contributed by atoms with Gasteiger partial charge in [0.25, 0.3) is 0 Å². The van der Waals surface area contributed by atoms with Crippen LogP contribution in [0.5, 0.6) is 0 Å². The number of nitrogens with one attached hydrogen (secondary N) is 1. The van der Waals surface area contributed by atoms with Crippen LogP contribution in [-0.2, 0) is 11.2 Å². The zero-order valence-electron chi connectivity index (χ0n) is 10.6. The second kappa shape index (κ2) is 4.28. The highest BCUT2D eigenvalue weighted by molar-refractivity contribution is 6.00. The number of carbonyl (C=O) groups excluding carboxylic acids is 1. The third-order valence-electron chi connectivity index (χ3n) is 3.51. The molecule has 92 valence electrons. The summed E-state index contributed by atoms with van der Waals surface area (Å²) in [7, 11) is 2.03. The quantitative estimate of drug-likeness (QED) is 0.785. The van der Waals surface area contributed by atoms with Crippen LogP contribution in [0.4, 0.5) is 17.1 Å². The van der Waals surface area contributed by atoms with E-state index in [-0.39, 0.29) is 5.91 Å². The second-order valence-corrected chi connectivity index (χ2v) is 4.66. The van der Waals surface area contributed by atoms with Crippen molar-refractivity contribution >= 4 is 23.0 Å². The molecule has 2 rings (SSSR count). The van der Waals surface area contributed by atoms with Gasteiger partial charge in [-0.3, -0.25) is 4.79 Å². The molecule has 0 fully saturated rings. The maximum atomic E-state index is 11.3. The fraction of sp³-hybridized carbons (Fsp3) is 0.462. The van der Waals surface area contributed by atoms with Gasteiger partial charge in [0.05, 0.1) is 17.8 Å². The number of fused-ring (bicyclic) bond motifs is 1. The molecule has 0 aromatic heterocycles. The van der Waals surface area contributed by atoms with Crippen molar-refractivity contribution in [3.8, 4) is 0 Å². The summed E-state index contributed by atoms with van der Waals surface area (Å²) in [5.41, 5.74) is 9.67. The monoisotopic (exact) mass is 233 g/mol. The number of benzene rings is 1. The normalized spacial score (nSPS) is 15.4. The van der Waals surface area contributed by atoms with E-state index in [4.69, 9.17) is 5.73 Å². The Labute approximate surface area is 102 Å². The maximum Gasteiger partial charge on any atom is 0.228 e. The van der Waals surface area contributed by atoms with E-state index in [0.29, 0.717) is 12.5 Å². The van der Waals surface area contributed by atoms with Crippen molar-refractivity contribution in [2.24, 2.45) is 0 Å². The standard InChI is InChI=1S/C13H19N3O/c1-4-8(2)16(3)12-7-11-9(5-10(12)14)6-13(17)15-11/h5,7-8H,4,6,14H2,1-3H3,(H,15,17). The lowest BCUT2D eigenvalue weighted by Crippen LogP contribution is -2.28. The van der Waals surface area contributed by atoms with Gasteiger partial charge in [0.1, 0.15) is 0 Å². The van der Waals surface area contributed by atoms with Crippen LogP contribution in [0.2, 0.25) is 0 Å². The van der Waals surface area contributed by atoms with E-state index in [1.807, 2.05) is 19.2 Å². The van der Waals surface area contributed by atoms with Gasteiger partial charge >= 0.3 is 0 Å². The number of carbonyl (C=O) groups is 1. The van der Waals surface area contributed by atoms with Gasteiger partial charge in [-0.1, -0.05) is 6.92 Å². The Bertz CT molecular complexity index is 456. The van der Waals surface area contributed by atoms with Gasteiger partial charge in [0.2, 0.25) is 5.91 Å². The van der Waals surface area contributed by atoms with E-state index >= 15 is 0 Å². The minimum Gasteiger partial charge on any atom is -0.397 e. The molecule has 1 heterocycles. The third-order valence-corrected chi connectivity index (χ3v) is 3.51.